The maximum absolute atomic E-state index is 5.15. The fourth-order valence-corrected chi connectivity index (χ4v) is 1.98. The molecule has 2 aromatic rings. The van der Waals surface area contributed by atoms with Crippen LogP contribution in [0.25, 0.3) is 0 Å². The van der Waals surface area contributed by atoms with Crippen molar-refractivity contribution in [3.8, 4) is 0 Å². The van der Waals surface area contributed by atoms with Gasteiger partial charge in [0.25, 0.3) is 0 Å². The molecule has 0 aromatic carbocycles. The number of aromatic nitrogens is 3. The van der Waals surface area contributed by atoms with Gasteiger partial charge in [0.1, 0.15) is 6.54 Å². The molecule has 0 fully saturated rings. The van der Waals surface area contributed by atoms with E-state index in [1.165, 1.54) is 5.69 Å². The lowest BCUT2D eigenvalue weighted by molar-refractivity contribution is 0.364. The normalized spacial score (nSPS) is 12.8. The zero-order chi connectivity index (χ0) is 13.0. The highest BCUT2D eigenvalue weighted by Gasteiger charge is 2.11. The first kappa shape index (κ1) is 12.8. The van der Waals surface area contributed by atoms with Crippen LogP contribution in [0, 0.1) is 6.92 Å². The van der Waals surface area contributed by atoms with Gasteiger partial charge in [0.2, 0.25) is 5.89 Å². The van der Waals surface area contributed by atoms with Crippen LogP contribution in [0.2, 0.25) is 0 Å². The highest BCUT2D eigenvalue weighted by Crippen LogP contribution is 2.14. The van der Waals surface area contributed by atoms with E-state index in [4.69, 9.17) is 4.52 Å². The molecule has 1 N–H and O–H groups in total. The van der Waals surface area contributed by atoms with Gasteiger partial charge in [-0.25, -0.2) is 0 Å². The first-order chi connectivity index (χ1) is 8.70. The molecule has 0 spiro atoms. The van der Waals surface area contributed by atoms with Crippen molar-refractivity contribution in [2.24, 2.45) is 0 Å². The van der Waals surface area contributed by atoms with Crippen molar-refractivity contribution in [3.05, 3.63) is 35.7 Å². The monoisotopic (exact) mass is 248 g/mol. The van der Waals surface area contributed by atoms with Crippen LogP contribution in [0.5, 0.6) is 0 Å². The number of rotatable bonds is 6. The standard InChI is InChI=1S/C13H20N4O/c1-4-7-14-10(2)12-6-5-8-17(12)9-13-15-11(3)16-18-13/h5-6,8,10,14H,4,7,9H2,1-3H3. The van der Waals surface area contributed by atoms with Gasteiger partial charge in [-0.05, 0) is 38.9 Å². The summed E-state index contributed by atoms with van der Waals surface area (Å²) >= 11 is 0. The first-order valence-corrected chi connectivity index (χ1v) is 6.38. The minimum absolute atomic E-state index is 0.323. The second kappa shape index (κ2) is 5.82. The van der Waals surface area contributed by atoms with Crippen molar-refractivity contribution in [1.29, 1.82) is 0 Å². The minimum Gasteiger partial charge on any atom is -0.341 e. The van der Waals surface area contributed by atoms with Crippen molar-refractivity contribution in [1.82, 2.24) is 20.0 Å². The van der Waals surface area contributed by atoms with Crippen molar-refractivity contribution >= 4 is 0 Å². The van der Waals surface area contributed by atoms with Crippen LogP contribution in [0.3, 0.4) is 0 Å². The Labute approximate surface area is 107 Å². The zero-order valence-electron chi connectivity index (χ0n) is 11.2. The molecule has 98 valence electrons. The molecule has 1 atom stereocenters. The quantitative estimate of drug-likeness (QED) is 0.852. The van der Waals surface area contributed by atoms with Crippen LogP contribution in [-0.4, -0.2) is 21.3 Å². The molecule has 0 aliphatic heterocycles. The molecule has 0 bridgehead atoms. The Bertz CT molecular complexity index is 489. The Morgan fingerprint density at radius 3 is 3.00 bits per heavy atom. The Morgan fingerprint density at radius 1 is 1.50 bits per heavy atom. The summed E-state index contributed by atoms with van der Waals surface area (Å²) in [6.07, 6.45) is 3.17. The largest absolute Gasteiger partial charge is 0.341 e. The van der Waals surface area contributed by atoms with Gasteiger partial charge in [0.15, 0.2) is 5.82 Å². The van der Waals surface area contributed by atoms with E-state index in [-0.39, 0.29) is 0 Å². The van der Waals surface area contributed by atoms with E-state index in [0.29, 0.717) is 24.3 Å². The van der Waals surface area contributed by atoms with E-state index in [0.717, 1.165) is 13.0 Å². The number of aryl methyl sites for hydroxylation is 1. The van der Waals surface area contributed by atoms with E-state index >= 15 is 0 Å². The summed E-state index contributed by atoms with van der Waals surface area (Å²) in [5.41, 5.74) is 1.24. The molecular weight excluding hydrogens is 228 g/mol. The molecule has 0 aliphatic rings. The van der Waals surface area contributed by atoms with Gasteiger partial charge in [-0.2, -0.15) is 4.98 Å². The van der Waals surface area contributed by atoms with Gasteiger partial charge in [0.05, 0.1) is 0 Å². The Balaban J connectivity index is 2.07. The molecule has 2 aromatic heterocycles. The molecule has 5 nitrogen and oxygen atoms in total. The van der Waals surface area contributed by atoms with Crippen molar-refractivity contribution in [2.45, 2.75) is 39.8 Å². The van der Waals surface area contributed by atoms with E-state index in [2.05, 4.69) is 39.9 Å². The van der Waals surface area contributed by atoms with Crippen LogP contribution < -0.4 is 5.32 Å². The van der Waals surface area contributed by atoms with Gasteiger partial charge < -0.3 is 14.4 Å². The van der Waals surface area contributed by atoms with Crippen molar-refractivity contribution < 1.29 is 4.52 Å². The van der Waals surface area contributed by atoms with Gasteiger partial charge in [-0.3, -0.25) is 0 Å². The predicted molar refractivity (Wildman–Crippen MR) is 69.3 cm³/mol. The highest BCUT2D eigenvalue weighted by atomic mass is 16.5. The molecule has 2 heterocycles. The van der Waals surface area contributed by atoms with Crippen molar-refractivity contribution in [2.75, 3.05) is 6.54 Å². The van der Waals surface area contributed by atoms with Crippen LogP contribution >= 0.6 is 0 Å². The number of hydrogen-bond acceptors (Lipinski definition) is 4. The summed E-state index contributed by atoms with van der Waals surface area (Å²) < 4.78 is 7.29. The number of hydrogen-bond donors (Lipinski definition) is 1. The fourth-order valence-electron chi connectivity index (χ4n) is 1.98. The summed E-state index contributed by atoms with van der Waals surface area (Å²) in [5, 5.41) is 7.28. The Morgan fingerprint density at radius 2 is 2.33 bits per heavy atom. The number of nitrogens with zero attached hydrogens (tertiary/aromatic N) is 3. The average molecular weight is 248 g/mol. The predicted octanol–water partition coefficient (Wildman–Crippen LogP) is 2.29. The maximum atomic E-state index is 5.15. The highest BCUT2D eigenvalue weighted by molar-refractivity contribution is 5.12. The topological polar surface area (TPSA) is 55.9 Å². The third-order valence-electron chi connectivity index (χ3n) is 2.88. The molecular formula is C13H20N4O. The van der Waals surface area contributed by atoms with Crippen LogP contribution in [0.4, 0.5) is 0 Å². The molecule has 5 heteroatoms. The Kier molecular flexibility index (Phi) is 4.15. The van der Waals surface area contributed by atoms with E-state index in [1.807, 2.05) is 19.2 Å². The average Bonchev–Trinajstić information content (AvgIpc) is 2.96. The van der Waals surface area contributed by atoms with Crippen LogP contribution in [-0.2, 0) is 6.54 Å². The summed E-state index contributed by atoms with van der Waals surface area (Å²) in [6.45, 7) is 7.81. The molecule has 1 unspecified atom stereocenters. The molecule has 0 radical (unpaired) electrons. The maximum Gasteiger partial charge on any atom is 0.246 e. The Hall–Kier alpha value is -1.62. The van der Waals surface area contributed by atoms with Crippen LogP contribution in [0.1, 0.15) is 43.7 Å². The molecule has 0 aliphatic carbocycles. The minimum atomic E-state index is 0.323. The smallest absolute Gasteiger partial charge is 0.246 e. The molecule has 0 saturated heterocycles. The van der Waals surface area contributed by atoms with E-state index in [9.17, 15) is 0 Å². The third-order valence-corrected chi connectivity index (χ3v) is 2.88. The lowest BCUT2D eigenvalue weighted by atomic mass is 10.2. The van der Waals surface area contributed by atoms with Gasteiger partial charge in [0, 0.05) is 17.9 Å². The molecule has 0 amide bonds. The molecule has 18 heavy (non-hydrogen) atoms. The summed E-state index contributed by atoms with van der Waals surface area (Å²) in [6, 6.07) is 4.49. The third kappa shape index (κ3) is 2.98. The van der Waals surface area contributed by atoms with Gasteiger partial charge >= 0.3 is 0 Å². The van der Waals surface area contributed by atoms with Crippen molar-refractivity contribution in [3.63, 3.8) is 0 Å². The molecule has 0 saturated carbocycles. The van der Waals surface area contributed by atoms with Gasteiger partial charge in [-0.1, -0.05) is 12.1 Å². The van der Waals surface area contributed by atoms with Gasteiger partial charge in [-0.15, -0.1) is 0 Å². The lowest BCUT2D eigenvalue weighted by Crippen LogP contribution is -2.22. The second-order valence-electron chi connectivity index (χ2n) is 4.47. The zero-order valence-corrected chi connectivity index (χ0v) is 11.2. The SMILES string of the molecule is CCCNC(C)c1cccn1Cc1nc(C)no1. The summed E-state index contributed by atoms with van der Waals surface area (Å²) in [4.78, 5) is 4.23. The molecule has 2 rings (SSSR count). The van der Waals surface area contributed by atoms with E-state index in [1.54, 1.807) is 0 Å². The fraction of sp³-hybridized carbons (Fsp3) is 0.538. The summed E-state index contributed by atoms with van der Waals surface area (Å²) in [7, 11) is 0. The van der Waals surface area contributed by atoms with E-state index < -0.39 is 0 Å². The first-order valence-electron chi connectivity index (χ1n) is 6.38. The lowest BCUT2D eigenvalue weighted by Gasteiger charge is -2.15. The second-order valence-corrected chi connectivity index (χ2v) is 4.47. The summed E-state index contributed by atoms with van der Waals surface area (Å²) in [5.74, 6) is 1.32. The van der Waals surface area contributed by atoms with Crippen LogP contribution in [0.15, 0.2) is 22.9 Å². The number of nitrogens with one attached hydrogen (secondary N) is 1.